The highest BCUT2D eigenvalue weighted by Gasteiger charge is 2.02. The summed E-state index contributed by atoms with van der Waals surface area (Å²) in [5, 5.41) is 2.72. The molecule has 0 aromatic rings. The number of ether oxygens (including phenoxy) is 1. The van der Waals surface area contributed by atoms with Crippen LogP contribution in [0.15, 0.2) is 0 Å². The molecule has 1 atom stereocenters. The number of nitrogens with one attached hydrogen (secondary N) is 1. The van der Waals surface area contributed by atoms with Gasteiger partial charge in [0.25, 0.3) is 0 Å². The van der Waals surface area contributed by atoms with Crippen molar-refractivity contribution in [2.45, 2.75) is 13.8 Å². The van der Waals surface area contributed by atoms with Crippen molar-refractivity contribution in [1.29, 1.82) is 0 Å². The van der Waals surface area contributed by atoms with Crippen LogP contribution in [0.4, 0.5) is 0 Å². The number of hydrogen-bond acceptors (Lipinski definition) is 3. The maximum absolute atomic E-state index is 10.9. The third kappa shape index (κ3) is 6.12. The highest BCUT2D eigenvalue weighted by atomic mass is 16.5. The van der Waals surface area contributed by atoms with Gasteiger partial charge in [0.2, 0.25) is 5.91 Å². The van der Waals surface area contributed by atoms with Gasteiger partial charge in [0, 0.05) is 13.2 Å². The van der Waals surface area contributed by atoms with Crippen molar-refractivity contribution in [2.24, 2.45) is 11.7 Å². The summed E-state index contributed by atoms with van der Waals surface area (Å²) in [6.07, 6.45) is 0. The Balaban J connectivity index is 3.31. The van der Waals surface area contributed by atoms with Gasteiger partial charge in [-0.25, -0.2) is 0 Å². The fraction of sp³-hybridized carbons (Fsp3) is 0.875. The summed E-state index contributed by atoms with van der Waals surface area (Å²) in [6.45, 7) is 5.78. The van der Waals surface area contributed by atoms with Crippen LogP contribution in [0.25, 0.3) is 0 Å². The predicted octanol–water partition coefficient (Wildman–Crippen LogP) is -0.266. The number of carbonyl (C=O) groups excluding carboxylic acids is 1. The van der Waals surface area contributed by atoms with E-state index in [1.165, 1.54) is 0 Å². The van der Waals surface area contributed by atoms with Gasteiger partial charge in [-0.2, -0.15) is 0 Å². The number of amides is 1. The highest BCUT2D eigenvalue weighted by molar-refractivity contribution is 5.77. The molecule has 0 aliphatic heterocycles. The molecule has 0 rings (SSSR count). The Labute approximate surface area is 73.5 Å². The summed E-state index contributed by atoms with van der Waals surface area (Å²) in [5.74, 6) is 0.257. The summed E-state index contributed by atoms with van der Waals surface area (Å²) in [7, 11) is 0. The molecule has 0 saturated carbocycles. The van der Waals surface area contributed by atoms with Gasteiger partial charge >= 0.3 is 0 Å². The van der Waals surface area contributed by atoms with E-state index in [1.807, 2.05) is 13.8 Å². The molecule has 3 N–H and O–H groups in total. The first-order valence-corrected chi connectivity index (χ1v) is 4.25. The molecule has 0 radical (unpaired) electrons. The minimum absolute atomic E-state index is 0.0721. The molecule has 4 nitrogen and oxygen atoms in total. The standard InChI is InChI=1S/C8H18N2O2/c1-3-12-6-8(11)10-5-7(2)4-9/h7H,3-6,9H2,1-2H3,(H,10,11). The molecular formula is C8H18N2O2. The molecule has 0 aromatic carbocycles. The molecule has 72 valence electrons. The van der Waals surface area contributed by atoms with Crippen LogP contribution in [-0.4, -0.2) is 32.2 Å². The average Bonchev–Trinajstić information content (AvgIpc) is 2.10. The number of hydrogen-bond donors (Lipinski definition) is 2. The summed E-state index contributed by atoms with van der Waals surface area (Å²) in [4.78, 5) is 10.9. The minimum Gasteiger partial charge on any atom is -0.372 e. The lowest BCUT2D eigenvalue weighted by molar-refractivity contribution is -0.125. The smallest absolute Gasteiger partial charge is 0.246 e. The van der Waals surface area contributed by atoms with Gasteiger partial charge in [0.1, 0.15) is 6.61 Å². The number of rotatable bonds is 6. The van der Waals surface area contributed by atoms with Crippen LogP contribution in [-0.2, 0) is 9.53 Å². The second-order valence-corrected chi connectivity index (χ2v) is 2.78. The van der Waals surface area contributed by atoms with E-state index in [4.69, 9.17) is 10.5 Å². The Morgan fingerprint density at radius 1 is 1.67 bits per heavy atom. The fourth-order valence-corrected chi connectivity index (χ4v) is 0.617. The van der Waals surface area contributed by atoms with Crippen molar-refractivity contribution in [2.75, 3.05) is 26.3 Å². The van der Waals surface area contributed by atoms with Crippen LogP contribution in [0, 0.1) is 5.92 Å². The molecule has 0 heterocycles. The van der Waals surface area contributed by atoms with Gasteiger partial charge in [-0.05, 0) is 19.4 Å². The molecule has 0 spiro atoms. The van der Waals surface area contributed by atoms with Crippen molar-refractivity contribution in [3.05, 3.63) is 0 Å². The Kier molecular flexibility index (Phi) is 6.70. The van der Waals surface area contributed by atoms with E-state index in [0.29, 0.717) is 25.6 Å². The molecule has 0 fully saturated rings. The van der Waals surface area contributed by atoms with E-state index in [1.54, 1.807) is 0 Å². The van der Waals surface area contributed by atoms with Gasteiger partial charge < -0.3 is 15.8 Å². The van der Waals surface area contributed by atoms with Gasteiger partial charge in [0.15, 0.2) is 0 Å². The third-order valence-corrected chi connectivity index (χ3v) is 1.49. The summed E-state index contributed by atoms with van der Waals surface area (Å²) < 4.78 is 4.92. The van der Waals surface area contributed by atoms with Crippen LogP contribution in [0.5, 0.6) is 0 Å². The van der Waals surface area contributed by atoms with E-state index in [2.05, 4.69) is 5.32 Å². The van der Waals surface area contributed by atoms with E-state index < -0.39 is 0 Å². The second-order valence-electron chi connectivity index (χ2n) is 2.78. The zero-order valence-electron chi connectivity index (χ0n) is 7.80. The van der Waals surface area contributed by atoms with Gasteiger partial charge in [-0.1, -0.05) is 6.92 Å². The first-order chi connectivity index (χ1) is 5.70. The number of carbonyl (C=O) groups is 1. The van der Waals surface area contributed by atoms with Crippen LogP contribution >= 0.6 is 0 Å². The van der Waals surface area contributed by atoms with Gasteiger partial charge in [0.05, 0.1) is 0 Å². The molecule has 0 aliphatic rings. The molecule has 12 heavy (non-hydrogen) atoms. The lowest BCUT2D eigenvalue weighted by Crippen LogP contribution is -2.33. The normalized spacial score (nSPS) is 12.6. The molecular weight excluding hydrogens is 156 g/mol. The average molecular weight is 174 g/mol. The van der Waals surface area contributed by atoms with E-state index in [9.17, 15) is 4.79 Å². The van der Waals surface area contributed by atoms with Crippen molar-refractivity contribution < 1.29 is 9.53 Å². The monoisotopic (exact) mass is 174 g/mol. The summed E-state index contributed by atoms with van der Waals surface area (Å²) in [5.41, 5.74) is 5.38. The maximum atomic E-state index is 10.9. The predicted molar refractivity (Wildman–Crippen MR) is 47.7 cm³/mol. The van der Waals surface area contributed by atoms with E-state index in [-0.39, 0.29) is 12.5 Å². The third-order valence-electron chi connectivity index (χ3n) is 1.49. The zero-order valence-corrected chi connectivity index (χ0v) is 7.80. The van der Waals surface area contributed by atoms with Crippen LogP contribution in [0.1, 0.15) is 13.8 Å². The van der Waals surface area contributed by atoms with Crippen molar-refractivity contribution in [3.63, 3.8) is 0 Å². The second kappa shape index (κ2) is 7.06. The Hall–Kier alpha value is -0.610. The fourth-order valence-electron chi connectivity index (χ4n) is 0.617. The molecule has 4 heteroatoms. The lowest BCUT2D eigenvalue weighted by Gasteiger charge is -2.09. The lowest BCUT2D eigenvalue weighted by atomic mass is 10.2. The maximum Gasteiger partial charge on any atom is 0.246 e. The van der Waals surface area contributed by atoms with E-state index >= 15 is 0 Å². The largest absolute Gasteiger partial charge is 0.372 e. The van der Waals surface area contributed by atoms with Gasteiger partial charge in [-0.15, -0.1) is 0 Å². The van der Waals surface area contributed by atoms with Crippen molar-refractivity contribution >= 4 is 5.91 Å². The van der Waals surface area contributed by atoms with Crippen molar-refractivity contribution in [3.8, 4) is 0 Å². The number of nitrogens with two attached hydrogens (primary N) is 1. The SMILES string of the molecule is CCOCC(=O)NCC(C)CN. The molecule has 0 saturated heterocycles. The quantitative estimate of drug-likeness (QED) is 0.583. The first kappa shape index (κ1) is 11.4. The van der Waals surface area contributed by atoms with E-state index in [0.717, 1.165) is 0 Å². The Morgan fingerprint density at radius 2 is 2.33 bits per heavy atom. The van der Waals surface area contributed by atoms with Crippen LogP contribution in [0.3, 0.4) is 0 Å². The topological polar surface area (TPSA) is 64.3 Å². The molecule has 0 aliphatic carbocycles. The van der Waals surface area contributed by atoms with Crippen molar-refractivity contribution in [1.82, 2.24) is 5.32 Å². The zero-order chi connectivity index (χ0) is 9.40. The molecule has 1 amide bonds. The molecule has 0 bridgehead atoms. The minimum atomic E-state index is -0.0721. The molecule has 1 unspecified atom stereocenters. The molecule has 0 aromatic heterocycles. The van der Waals surface area contributed by atoms with Crippen LogP contribution < -0.4 is 11.1 Å². The first-order valence-electron chi connectivity index (χ1n) is 4.25. The summed E-state index contributed by atoms with van der Waals surface area (Å²) >= 11 is 0. The van der Waals surface area contributed by atoms with Crippen LogP contribution in [0.2, 0.25) is 0 Å². The Morgan fingerprint density at radius 3 is 2.83 bits per heavy atom. The van der Waals surface area contributed by atoms with Gasteiger partial charge in [-0.3, -0.25) is 4.79 Å². The Bertz CT molecular complexity index is 128. The summed E-state index contributed by atoms with van der Waals surface area (Å²) in [6, 6.07) is 0. The highest BCUT2D eigenvalue weighted by Crippen LogP contribution is 1.86.